The van der Waals surface area contributed by atoms with E-state index in [0.717, 1.165) is 37.1 Å². The zero-order chi connectivity index (χ0) is 14.7. The van der Waals surface area contributed by atoms with Crippen LogP contribution in [0.5, 0.6) is 0 Å². The lowest BCUT2D eigenvalue weighted by Crippen LogP contribution is -2.30. The Hall–Kier alpha value is -1.10. The van der Waals surface area contributed by atoms with Crippen molar-refractivity contribution >= 4 is 11.3 Å². The van der Waals surface area contributed by atoms with Gasteiger partial charge in [-0.2, -0.15) is 0 Å². The van der Waals surface area contributed by atoms with Crippen LogP contribution < -0.4 is 5.32 Å². The Morgan fingerprint density at radius 2 is 2.14 bits per heavy atom. The summed E-state index contributed by atoms with van der Waals surface area (Å²) in [6, 6.07) is 9.79. The van der Waals surface area contributed by atoms with Crippen LogP contribution in [-0.2, 0) is 19.5 Å². The van der Waals surface area contributed by atoms with E-state index < -0.39 is 0 Å². The maximum absolute atomic E-state index is 5.92. The second-order valence-corrected chi connectivity index (χ2v) is 7.10. The largest absolute Gasteiger partial charge is 0.463 e. The quantitative estimate of drug-likeness (QED) is 0.807. The van der Waals surface area contributed by atoms with Crippen molar-refractivity contribution in [2.45, 2.75) is 51.4 Å². The van der Waals surface area contributed by atoms with Gasteiger partial charge in [-0.25, -0.2) is 0 Å². The van der Waals surface area contributed by atoms with E-state index in [1.54, 1.807) is 0 Å². The lowest BCUT2D eigenvalue weighted by atomic mass is 10.2. The van der Waals surface area contributed by atoms with Crippen LogP contribution in [0.25, 0.3) is 0 Å². The van der Waals surface area contributed by atoms with Crippen molar-refractivity contribution < 1.29 is 4.42 Å². The van der Waals surface area contributed by atoms with E-state index in [4.69, 9.17) is 4.42 Å². The number of hydrogen-bond donors (Lipinski definition) is 1. The molecule has 2 aromatic rings. The maximum Gasteiger partial charge on any atom is 0.118 e. The van der Waals surface area contributed by atoms with Gasteiger partial charge in [0.15, 0.2) is 0 Å². The van der Waals surface area contributed by atoms with Crippen LogP contribution in [0.4, 0.5) is 0 Å². The minimum absolute atomic E-state index is 0.516. The fourth-order valence-corrected chi connectivity index (χ4v) is 3.24. The number of nitrogens with one attached hydrogen (secondary N) is 1. The van der Waals surface area contributed by atoms with Crippen molar-refractivity contribution in [2.24, 2.45) is 0 Å². The van der Waals surface area contributed by atoms with E-state index in [2.05, 4.69) is 53.8 Å². The Bertz CT molecular complexity index is 545. The minimum Gasteiger partial charge on any atom is -0.463 e. The molecule has 3 rings (SSSR count). The molecule has 2 aromatic heterocycles. The molecule has 0 aliphatic heterocycles. The van der Waals surface area contributed by atoms with E-state index >= 15 is 0 Å². The highest BCUT2D eigenvalue weighted by atomic mass is 32.1. The number of rotatable bonds is 8. The highest BCUT2D eigenvalue weighted by Crippen LogP contribution is 2.20. The van der Waals surface area contributed by atoms with Gasteiger partial charge in [0.25, 0.3) is 0 Å². The molecule has 1 fully saturated rings. The van der Waals surface area contributed by atoms with Crippen LogP contribution >= 0.6 is 11.3 Å². The lowest BCUT2D eigenvalue weighted by Gasteiger charge is -2.23. The van der Waals surface area contributed by atoms with E-state index in [1.807, 2.05) is 11.3 Å². The predicted octanol–water partition coefficient (Wildman–Crippen LogP) is 3.66. The molecule has 1 unspecified atom stereocenters. The van der Waals surface area contributed by atoms with Gasteiger partial charge in [0.1, 0.15) is 11.5 Å². The summed E-state index contributed by atoms with van der Waals surface area (Å²) in [4.78, 5) is 3.81. The first-order chi connectivity index (χ1) is 10.2. The number of hydrogen-bond acceptors (Lipinski definition) is 4. The Morgan fingerprint density at radius 3 is 2.86 bits per heavy atom. The highest BCUT2D eigenvalue weighted by molar-refractivity contribution is 7.09. The standard InChI is InChI=1S/C17H24N2OS/c1-13(10-17-4-3-9-21-17)19(2)12-16-8-7-15(20-16)11-18-14-5-6-14/h3-4,7-9,13-14,18H,5-6,10-12H2,1-2H3. The Morgan fingerprint density at radius 1 is 1.33 bits per heavy atom. The van der Waals surface area contributed by atoms with Crippen LogP contribution in [0.2, 0.25) is 0 Å². The molecule has 0 spiro atoms. The summed E-state index contributed by atoms with van der Waals surface area (Å²) in [6.45, 7) is 4.01. The van der Waals surface area contributed by atoms with Crippen LogP contribution in [0.15, 0.2) is 34.1 Å². The zero-order valence-electron chi connectivity index (χ0n) is 12.8. The van der Waals surface area contributed by atoms with Crippen molar-refractivity contribution in [3.8, 4) is 0 Å². The summed E-state index contributed by atoms with van der Waals surface area (Å²) < 4.78 is 5.92. The molecule has 114 valence electrons. The zero-order valence-corrected chi connectivity index (χ0v) is 13.7. The molecule has 3 nitrogen and oxygen atoms in total. The van der Waals surface area contributed by atoms with E-state index in [1.165, 1.54) is 17.7 Å². The second kappa shape index (κ2) is 6.77. The van der Waals surface area contributed by atoms with Crippen LogP contribution in [0, 0.1) is 0 Å². The van der Waals surface area contributed by atoms with Crippen LogP contribution in [-0.4, -0.2) is 24.0 Å². The van der Waals surface area contributed by atoms with Gasteiger partial charge in [-0.1, -0.05) is 6.07 Å². The van der Waals surface area contributed by atoms with Crippen molar-refractivity contribution in [3.05, 3.63) is 46.0 Å². The Labute approximate surface area is 131 Å². The molecule has 2 heterocycles. The van der Waals surface area contributed by atoms with Crippen LogP contribution in [0.3, 0.4) is 0 Å². The molecule has 0 aromatic carbocycles. The summed E-state index contributed by atoms with van der Waals surface area (Å²) in [5, 5.41) is 5.63. The summed E-state index contributed by atoms with van der Waals surface area (Å²) in [5.41, 5.74) is 0. The molecule has 1 aliphatic rings. The average Bonchev–Trinajstić information content (AvgIpc) is 2.96. The first-order valence-electron chi connectivity index (χ1n) is 7.74. The number of thiophene rings is 1. The first kappa shape index (κ1) is 14.8. The summed E-state index contributed by atoms with van der Waals surface area (Å²) in [6.07, 6.45) is 3.73. The summed E-state index contributed by atoms with van der Waals surface area (Å²) >= 11 is 1.84. The van der Waals surface area contributed by atoms with Crippen molar-refractivity contribution in [1.29, 1.82) is 0 Å². The van der Waals surface area contributed by atoms with Gasteiger partial charge in [-0.3, -0.25) is 4.90 Å². The normalized spacial score (nSPS) is 16.5. The highest BCUT2D eigenvalue weighted by Gasteiger charge is 2.20. The average molecular weight is 304 g/mol. The minimum atomic E-state index is 0.516. The fourth-order valence-electron chi connectivity index (χ4n) is 2.41. The number of furan rings is 1. The third-order valence-corrected chi connectivity index (χ3v) is 4.99. The third kappa shape index (κ3) is 4.43. The van der Waals surface area contributed by atoms with E-state index in [-0.39, 0.29) is 0 Å². The number of nitrogens with zero attached hydrogens (tertiary/aromatic N) is 1. The molecule has 0 amide bonds. The SMILES string of the molecule is CC(Cc1cccs1)N(C)Cc1ccc(CNC2CC2)o1. The van der Waals surface area contributed by atoms with E-state index in [0.29, 0.717) is 6.04 Å². The Kier molecular flexibility index (Phi) is 4.78. The van der Waals surface area contributed by atoms with Gasteiger partial charge in [0.05, 0.1) is 13.1 Å². The molecular formula is C17H24N2OS. The lowest BCUT2D eigenvalue weighted by molar-refractivity contribution is 0.227. The maximum atomic E-state index is 5.92. The van der Waals surface area contributed by atoms with Gasteiger partial charge < -0.3 is 9.73 Å². The molecule has 1 N–H and O–H groups in total. The Balaban J connectivity index is 1.47. The monoisotopic (exact) mass is 304 g/mol. The van der Waals surface area contributed by atoms with Crippen molar-refractivity contribution in [3.63, 3.8) is 0 Å². The molecular weight excluding hydrogens is 280 g/mol. The van der Waals surface area contributed by atoms with Crippen LogP contribution in [0.1, 0.15) is 36.2 Å². The van der Waals surface area contributed by atoms with Gasteiger partial charge in [-0.05, 0) is 56.8 Å². The molecule has 1 atom stereocenters. The molecule has 1 aliphatic carbocycles. The van der Waals surface area contributed by atoms with E-state index in [9.17, 15) is 0 Å². The third-order valence-electron chi connectivity index (χ3n) is 4.09. The fraction of sp³-hybridized carbons (Fsp3) is 0.529. The first-order valence-corrected chi connectivity index (χ1v) is 8.62. The second-order valence-electron chi connectivity index (χ2n) is 6.07. The molecule has 21 heavy (non-hydrogen) atoms. The molecule has 0 saturated heterocycles. The van der Waals surface area contributed by atoms with Crippen molar-refractivity contribution in [1.82, 2.24) is 10.2 Å². The molecule has 0 bridgehead atoms. The van der Waals surface area contributed by atoms with Gasteiger partial charge in [0.2, 0.25) is 0 Å². The van der Waals surface area contributed by atoms with Gasteiger partial charge in [-0.15, -0.1) is 11.3 Å². The smallest absolute Gasteiger partial charge is 0.118 e. The molecule has 0 radical (unpaired) electrons. The predicted molar refractivity (Wildman–Crippen MR) is 87.5 cm³/mol. The summed E-state index contributed by atoms with van der Waals surface area (Å²) in [7, 11) is 2.17. The molecule has 4 heteroatoms. The van der Waals surface area contributed by atoms with Crippen molar-refractivity contribution in [2.75, 3.05) is 7.05 Å². The molecule has 1 saturated carbocycles. The number of likely N-dealkylation sites (N-methyl/N-ethyl adjacent to an activating group) is 1. The van der Waals surface area contributed by atoms with Gasteiger partial charge in [0, 0.05) is 17.0 Å². The summed E-state index contributed by atoms with van der Waals surface area (Å²) in [5.74, 6) is 2.11. The van der Waals surface area contributed by atoms with Gasteiger partial charge >= 0.3 is 0 Å². The topological polar surface area (TPSA) is 28.4 Å².